The van der Waals surface area contributed by atoms with Crippen LogP contribution in [0.1, 0.15) is 44.3 Å². The highest BCUT2D eigenvalue weighted by molar-refractivity contribution is 6.33. The summed E-state index contributed by atoms with van der Waals surface area (Å²) in [6, 6.07) is 5.30. The molecule has 1 N–H and O–H groups in total. The summed E-state index contributed by atoms with van der Waals surface area (Å²) in [7, 11) is 0. The first-order chi connectivity index (χ1) is 8.08. The first kappa shape index (κ1) is 13.2. The van der Waals surface area contributed by atoms with E-state index in [1.807, 2.05) is 0 Å². The van der Waals surface area contributed by atoms with Crippen LogP contribution in [0.15, 0.2) is 18.2 Å². The fraction of sp³-hybridized carbons (Fsp3) is 0.571. The van der Waals surface area contributed by atoms with Gasteiger partial charge < -0.3 is 5.11 Å². The zero-order valence-electron chi connectivity index (χ0n) is 10.00. The lowest BCUT2D eigenvalue weighted by Crippen LogP contribution is -2.19. The Morgan fingerprint density at radius 2 is 1.82 bits per heavy atom. The summed E-state index contributed by atoms with van der Waals surface area (Å²) in [5.74, 6) is 1.11. The predicted molar refractivity (Wildman–Crippen MR) is 72.5 cm³/mol. The van der Waals surface area contributed by atoms with Crippen molar-refractivity contribution >= 4 is 23.2 Å². The Morgan fingerprint density at radius 3 is 2.47 bits per heavy atom. The molecule has 3 heteroatoms. The summed E-state index contributed by atoms with van der Waals surface area (Å²) in [6.45, 7) is 2.27. The number of halogens is 2. The Labute approximate surface area is 113 Å². The summed E-state index contributed by atoms with van der Waals surface area (Å²) in [5.41, 5.74) is 0.777. The molecule has 0 bridgehead atoms. The van der Waals surface area contributed by atoms with Gasteiger partial charge in [-0.15, -0.1) is 0 Å². The average Bonchev–Trinajstić information content (AvgIpc) is 2.32. The zero-order valence-corrected chi connectivity index (χ0v) is 11.5. The molecule has 94 valence electrons. The van der Waals surface area contributed by atoms with Crippen LogP contribution in [0, 0.1) is 11.8 Å². The maximum Gasteiger partial charge on any atom is 0.0833 e. The standard InChI is InChI=1S/C14H18Cl2O/c1-9-2-4-10(5-3-9)14(17)12-8-11(15)6-7-13(12)16/h6-10,14,17H,2-5H2,1H3. The predicted octanol–water partition coefficient (Wildman–Crippen LogP) is 4.85. The normalized spacial score (nSPS) is 26.8. The van der Waals surface area contributed by atoms with Gasteiger partial charge in [0.05, 0.1) is 6.10 Å². The monoisotopic (exact) mass is 272 g/mol. The minimum absolute atomic E-state index is 0.321. The van der Waals surface area contributed by atoms with E-state index in [2.05, 4.69) is 6.92 Å². The van der Waals surface area contributed by atoms with Gasteiger partial charge in [0.1, 0.15) is 0 Å². The molecule has 1 saturated carbocycles. The molecule has 0 saturated heterocycles. The molecule has 1 unspecified atom stereocenters. The topological polar surface area (TPSA) is 20.2 Å². The minimum atomic E-state index is -0.478. The van der Waals surface area contributed by atoms with E-state index in [1.165, 1.54) is 12.8 Å². The van der Waals surface area contributed by atoms with Crippen molar-refractivity contribution in [3.05, 3.63) is 33.8 Å². The Kier molecular flexibility index (Phi) is 4.35. The van der Waals surface area contributed by atoms with Crippen LogP contribution in [0.3, 0.4) is 0 Å². The lowest BCUT2D eigenvalue weighted by atomic mass is 9.78. The van der Waals surface area contributed by atoms with Crippen molar-refractivity contribution in [2.75, 3.05) is 0 Å². The fourth-order valence-corrected chi connectivity index (χ4v) is 3.01. The van der Waals surface area contributed by atoms with Crippen LogP contribution in [0.4, 0.5) is 0 Å². The molecule has 1 aliphatic carbocycles. The molecule has 0 radical (unpaired) electrons. The van der Waals surface area contributed by atoms with Gasteiger partial charge in [-0.2, -0.15) is 0 Å². The lowest BCUT2D eigenvalue weighted by molar-refractivity contribution is 0.0756. The van der Waals surface area contributed by atoms with Crippen molar-refractivity contribution in [1.29, 1.82) is 0 Å². The van der Waals surface area contributed by atoms with Gasteiger partial charge in [-0.3, -0.25) is 0 Å². The molecule has 1 aliphatic rings. The van der Waals surface area contributed by atoms with Crippen LogP contribution in [0.5, 0.6) is 0 Å². The van der Waals surface area contributed by atoms with Crippen LogP contribution < -0.4 is 0 Å². The molecule has 0 amide bonds. The minimum Gasteiger partial charge on any atom is -0.388 e. The van der Waals surface area contributed by atoms with Crippen LogP contribution in [-0.2, 0) is 0 Å². The molecule has 0 aromatic heterocycles. The third kappa shape index (κ3) is 3.15. The van der Waals surface area contributed by atoms with Gasteiger partial charge in [0.15, 0.2) is 0 Å². The number of aliphatic hydroxyl groups is 1. The largest absolute Gasteiger partial charge is 0.388 e. The average molecular weight is 273 g/mol. The van der Waals surface area contributed by atoms with Gasteiger partial charge in [-0.25, -0.2) is 0 Å². The van der Waals surface area contributed by atoms with Crippen LogP contribution in [-0.4, -0.2) is 5.11 Å². The van der Waals surface area contributed by atoms with Gasteiger partial charge in [-0.05, 0) is 42.9 Å². The number of aliphatic hydroxyl groups excluding tert-OH is 1. The fourth-order valence-electron chi connectivity index (χ4n) is 2.60. The Hall–Kier alpha value is -0.240. The summed E-state index contributed by atoms with van der Waals surface area (Å²) in [4.78, 5) is 0. The highest BCUT2D eigenvalue weighted by Gasteiger charge is 2.27. The third-order valence-electron chi connectivity index (χ3n) is 3.78. The number of rotatable bonds is 2. The molecule has 2 rings (SSSR count). The van der Waals surface area contributed by atoms with Crippen LogP contribution >= 0.6 is 23.2 Å². The maximum absolute atomic E-state index is 10.4. The van der Waals surface area contributed by atoms with Gasteiger partial charge in [0.25, 0.3) is 0 Å². The van der Waals surface area contributed by atoms with E-state index < -0.39 is 6.10 Å². The van der Waals surface area contributed by atoms with Crippen LogP contribution in [0.2, 0.25) is 10.0 Å². The van der Waals surface area contributed by atoms with Crippen molar-refractivity contribution in [3.8, 4) is 0 Å². The third-order valence-corrected chi connectivity index (χ3v) is 4.36. The summed E-state index contributed by atoms with van der Waals surface area (Å²) in [5, 5.41) is 11.6. The summed E-state index contributed by atoms with van der Waals surface area (Å²) in [6.07, 6.45) is 4.06. The Morgan fingerprint density at radius 1 is 1.18 bits per heavy atom. The Balaban J connectivity index is 2.13. The lowest BCUT2D eigenvalue weighted by Gasteiger charge is -2.30. The first-order valence-electron chi connectivity index (χ1n) is 6.21. The van der Waals surface area contributed by atoms with Crippen molar-refractivity contribution < 1.29 is 5.11 Å². The molecule has 1 fully saturated rings. The first-order valence-corrected chi connectivity index (χ1v) is 6.96. The molecule has 0 spiro atoms. The van der Waals surface area contributed by atoms with E-state index in [-0.39, 0.29) is 0 Å². The molecule has 1 aromatic carbocycles. The molecular weight excluding hydrogens is 255 g/mol. The number of hydrogen-bond donors (Lipinski definition) is 1. The van der Waals surface area contributed by atoms with Gasteiger partial charge in [0, 0.05) is 15.6 Å². The van der Waals surface area contributed by atoms with Crippen molar-refractivity contribution in [2.24, 2.45) is 11.8 Å². The van der Waals surface area contributed by atoms with Crippen molar-refractivity contribution in [1.82, 2.24) is 0 Å². The molecule has 1 aromatic rings. The van der Waals surface area contributed by atoms with E-state index in [1.54, 1.807) is 18.2 Å². The number of hydrogen-bond acceptors (Lipinski definition) is 1. The molecule has 1 nitrogen and oxygen atoms in total. The molecule has 17 heavy (non-hydrogen) atoms. The molecule has 0 aliphatic heterocycles. The molecule has 0 heterocycles. The second-order valence-corrected chi connectivity index (χ2v) is 5.97. The van der Waals surface area contributed by atoms with E-state index in [0.717, 1.165) is 24.3 Å². The van der Waals surface area contributed by atoms with Crippen molar-refractivity contribution in [2.45, 2.75) is 38.7 Å². The second kappa shape index (κ2) is 5.60. The molecule has 1 atom stereocenters. The van der Waals surface area contributed by atoms with Gasteiger partial charge in [-0.1, -0.05) is 43.0 Å². The SMILES string of the molecule is CC1CCC(C(O)c2cc(Cl)ccc2Cl)CC1. The maximum atomic E-state index is 10.4. The Bertz CT molecular complexity index is 384. The smallest absolute Gasteiger partial charge is 0.0833 e. The number of benzene rings is 1. The van der Waals surface area contributed by atoms with E-state index in [4.69, 9.17) is 23.2 Å². The second-order valence-electron chi connectivity index (χ2n) is 5.13. The van der Waals surface area contributed by atoms with E-state index >= 15 is 0 Å². The summed E-state index contributed by atoms with van der Waals surface area (Å²) >= 11 is 12.1. The quantitative estimate of drug-likeness (QED) is 0.816. The highest BCUT2D eigenvalue weighted by Crippen LogP contribution is 2.39. The van der Waals surface area contributed by atoms with E-state index in [0.29, 0.717) is 16.0 Å². The molecular formula is C14H18Cl2O. The van der Waals surface area contributed by atoms with Gasteiger partial charge in [0.2, 0.25) is 0 Å². The highest BCUT2D eigenvalue weighted by atomic mass is 35.5. The van der Waals surface area contributed by atoms with Crippen molar-refractivity contribution in [3.63, 3.8) is 0 Å². The summed E-state index contributed by atoms with van der Waals surface area (Å²) < 4.78 is 0. The van der Waals surface area contributed by atoms with Crippen LogP contribution in [0.25, 0.3) is 0 Å². The van der Waals surface area contributed by atoms with Gasteiger partial charge >= 0.3 is 0 Å². The van der Waals surface area contributed by atoms with E-state index in [9.17, 15) is 5.11 Å². The zero-order chi connectivity index (χ0) is 12.4.